The fourth-order valence-corrected chi connectivity index (χ4v) is 2.65. The fraction of sp³-hybridized carbons (Fsp3) is 0.600. The number of halogens is 3. The average Bonchev–Trinajstić information content (AvgIpc) is 2.93. The Kier molecular flexibility index (Phi) is 4.93. The standard InChI is InChI=1S/C15H19F3N2O2/c1-2-3-4-11-12(5-6-13(19-11)15(16,17)18)20-8-7-10(9-20)14(21)22/h5-6,10H,2-4,7-9H2,1H3,(H,21,22). The first-order chi connectivity index (χ1) is 10.3. The number of aliphatic carboxylic acids is 1. The monoisotopic (exact) mass is 316 g/mol. The molecule has 0 amide bonds. The number of anilines is 1. The van der Waals surface area contributed by atoms with Crippen molar-refractivity contribution in [3.8, 4) is 0 Å². The van der Waals surface area contributed by atoms with Gasteiger partial charge in [0, 0.05) is 13.1 Å². The Hall–Kier alpha value is -1.79. The summed E-state index contributed by atoms with van der Waals surface area (Å²) in [5, 5.41) is 9.05. The lowest BCUT2D eigenvalue weighted by Crippen LogP contribution is -2.24. The van der Waals surface area contributed by atoms with Crippen LogP contribution in [0, 0.1) is 5.92 Å². The van der Waals surface area contributed by atoms with Crippen molar-refractivity contribution in [1.29, 1.82) is 0 Å². The highest BCUT2D eigenvalue weighted by Gasteiger charge is 2.34. The van der Waals surface area contributed by atoms with Gasteiger partial charge >= 0.3 is 12.1 Å². The van der Waals surface area contributed by atoms with Crippen LogP contribution >= 0.6 is 0 Å². The predicted molar refractivity (Wildman–Crippen MR) is 75.8 cm³/mol. The van der Waals surface area contributed by atoms with E-state index in [2.05, 4.69) is 4.98 Å². The minimum Gasteiger partial charge on any atom is -0.481 e. The quantitative estimate of drug-likeness (QED) is 0.905. The van der Waals surface area contributed by atoms with Crippen molar-refractivity contribution in [2.24, 2.45) is 5.92 Å². The van der Waals surface area contributed by atoms with Gasteiger partial charge in [-0.05, 0) is 31.4 Å². The molecule has 1 aliphatic rings. The van der Waals surface area contributed by atoms with Crippen LogP contribution in [0.5, 0.6) is 0 Å². The van der Waals surface area contributed by atoms with Crippen LogP contribution in [0.25, 0.3) is 0 Å². The molecule has 0 aliphatic carbocycles. The molecule has 2 rings (SSSR count). The lowest BCUT2D eigenvalue weighted by molar-refractivity contribution is -0.141. The van der Waals surface area contributed by atoms with Gasteiger partial charge in [-0.1, -0.05) is 13.3 Å². The summed E-state index contributed by atoms with van der Waals surface area (Å²) in [6.07, 6.45) is -1.89. The lowest BCUT2D eigenvalue weighted by Gasteiger charge is -2.22. The van der Waals surface area contributed by atoms with Crippen LogP contribution < -0.4 is 4.90 Å². The Labute approximate surface area is 127 Å². The van der Waals surface area contributed by atoms with Crippen molar-refractivity contribution in [2.45, 2.75) is 38.8 Å². The minimum atomic E-state index is -4.46. The number of rotatable bonds is 5. The maximum absolute atomic E-state index is 12.8. The summed E-state index contributed by atoms with van der Waals surface area (Å²) >= 11 is 0. The molecule has 1 aromatic heterocycles. The molecular formula is C15H19F3N2O2. The molecule has 4 nitrogen and oxygen atoms in total. The molecule has 0 aromatic carbocycles. The Morgan fingerprint density at radius 1 is 1.45 bits per heavy atom. The van der Waals surface area contributed by atoms with E-state index in [-0.39, 0.29) is 0 Å². The number of alkyl halides is 3. The largest absolute Gasteiger partial charge is 0.481 e. The normalized spacial score (nSPS) is 18.7. The number of unbranched alkanes of at least 4 members (excludes halogenated alkanes) is 1. The molecule has 22 heavy (non-hydrogen) atoms. The van der Waals surface area contributed by atoms with Gasteiger partial charge in [0.05, 0.1) is 17.3 Å². The predicted octanol–water partition coefficient (Wildman–Crippen LogP) is 3.35. The van der Waals surface area contributed by atoms with Crippen LogP contribution in [0.1, 0.15) is 37.6 Å². The van der Waals surface area contributed by atoms with Crippen molar-refractivity contribution in [3.05, 3.63) is 23.5 Å². The van der Waals surface area contributed by atoms with Gasteiger partial charge in [0.25, 0.3) is 0 Å². The van der Waals surface area contributed by atoms with Gasteiger partial charge in [-0.15, -0.1) is 0 Å². The van der Waals surface area contributed by atoms with Gasteiger partial charge < -0.3 is 10.0 Å². The summed E-state index contributed by atoms with van der Waals surface area (Å²) in [5.41, 5.74) is 0.143. The van der Waals surface area contributed by atoms with Crippen molar-refractivity contribution in [3.63, 3.8) is 0 Å². The van der Waals surface area contributed by atoms with Gasteiger partial charge in [-0.25, -0.2) is 4.98 Å². The van der Waals surface area contributed by atoms with E-state index in [0.717, 1.165) is 18.9 Å². The van der Waals surface area contributed by atoms with Gasteiger partial charge in [-0.2, -0.15) is 13.2 Å². The zero-order valence-corrected chi connectivity index (χ0v) is 12.4. The smallest absolute Gasteiger partial charge is 0.433 e. The first-order valence-corrected chi connectivity index (χ1v) is 7.37. The highest BCUT2D eigenvalue weighted by molar-refractivity contribution is 5.72. The van der Waals surface area contributed by atoms with Crippen LogP contribution in [-0.4, -0.2) is 29.1 Å². The van der Waals surface area contributed by atoms with E-state index in [1.54, 1.807) is 0 Å². The third-order valence-electron chi connectivity index (χ3n) is 3.89. The van der Waals surface area contributed by atoms with Crippen molar-refractivity contribution in [1.82, 2.24) is 4.98 Å². The van der Waals surface area contributed by atoms with Crippen LogP contribution in [0.15, 0.2) is 12.1 Å². The van der Waals surface area contributed by atoms with E-state index in [1.165, 1.54) is 6.07 Å². The number of carboxylic acids is 1. The highest BCUT2D eigenvalue weighted by atomic mass is 19.4. The maximum atomic E-state index is 12.8. The Bertz CT molecular complexity index is 546. The minimum absolute atomic E-state index is 0.321. The number of nitrogens with zero attached hydrogens (tertiary/aromatic N) is 2. The van der Waals surface area contributed by atoms with Crippen LogP contribution in [0.2, 0.25) is 0 Å². The van der Waals surface area contributed by atoms with Crippen LogP contribution in [0.4, 0.5) is 18.9 Å². The number of hydrogen-bond donors (Lipinski definition) is 1. The lowest BCUT2D eigenvalue weighted by atomic mass is 10.1. The van der Waals surface area contributed by atoms with E-state index in [4.69, 9.17) is 5.11 Å². The number of aryl methyl sites for hydroxylation is 1. The van der Waals surface area contributed by atoms with E-state index >= 15 is 0 Å². The fourth-order valence-electron chi connectivity index (χ4n) is 2.65. The second-order valence-corrected chi connectivity index (χ2v) is 5.53. The highest BCUT2D eigenvalue weighted by Crippen LogP contribution is 2.32. The molecule has 7 heteroatoms. The molecule has 0 spiro atoms. The summed E-state index contributed by atoms with van der Waals surface area (Å²) in [7, 11) is 0. The van der Waals surface area contributed by atoms with E-state index in [9.17, 15) is 18.0 Å². The van der Waals surface area contributed by atoms with Gasteiger partial charge in [0.1, 0.15) is 5.69 Å². The van der Waals surface area contributed by atoms with E-state index in [1.807, 2.05) is 11.8 Å². The third-order valence-corrected chi connectivity index (χ3v) is 3.89. The molecule has 1 fully saturated rings. The second kappa shape index (κ2) is 6.54. The van der Waals surface area contributed by atoms with Gasteiger partial charge in [0.15, 0.2) is 0 Å². The molecule has 0 bridgehead atoms. The molecule has 1 aliphatic heterocycles. The Balaban J connectivity index is 2.28. The molecule has 1 aromatic rings. The summed E-state index contributed by atoms with van der Waals surface area (Å²) < 4.78 is 38.4. The van der Waals surface area contributed by atoms with Crippen LogP contribution in [0.3, 0.4) is 0 Å². The van der Waals surface area contributed by atoms with Crippen molar-refractivity contribution < 1.29 is 23.1 Å². The molecule has 0 radical (unpaired) electrons. The summed E-state index contributed by atoms with van der Waals surface area (Å²) in [4.78, 5) is 16.6. The number of aromatic nitrogens is 1. The SMILES string of the molecule is CCCCc1nc(C(F)(F)F)ccc1N1CCC(C(=O)O)C1. The first-order valence-electron chi connectivity index (χ1n) is 7.37. The van der Waals surface area contributed by atoms with Gasteiger partial charge in [-0.3, -0.25) is 4.79 Å². The summed E-state index contributed by atoms with van der Waals surface area (Å²) in [5.74, 6) is -1.33. The Morgan fingerprint density at radius 2 is 2.18 bits per heavy atom. The number of carboxylic acid groups (broad SMARTS) is 1. The molecular weight excluding hydrogens is 297 g/mol. The summed E-state index contributed by atoms with van der Waals surface area (Å²) in [6.45, 7) is 2.81. The number of hydrogen-bond acceptors (Lipinski definition) is 3. The molecule has 1 unspecified atom stereocenters. The molecule has 1 saturated heterocycles. The number of carbonyl (C=O) groups is 1. The van der Waals surface area contributed by atoms with Crippen LogP contribution in [-0.2, 0) is 17.4 Å². The molecule has 1 atom stereocenters. The molecule has 2 heterocycles. The van der Waals surface area contributed by atoms with Gasteiger partial charge in [0.2, 0.25) is 0 Å². The summed E-state index contributed by atoms with van der Waals surface area (Å²) in [6, 6.07) is 2.39. The molecule has 0 saturated carbocycles. The van der Waals surface area contributed by atoms with Crippen molar-refractivity contribution in [2.75, 3.05) is 18.0 Å². The topological polar surface area (TPSA) is 53.4 Å². The van der Waals surface area contributed by atoms with Crippen molar-refractivity contribution >= 4 is 11.7 Å². The second-order valence-electron chi connectivity index (χ2n) is 5.53. The zero-order chi connectivity index (χ0) is 16.3. The first kappa shape index (κ1) is 16.6. The van der Waals surface area contributed by atoms with E-state index in [0.29, 0.717) is 37.3 Å². The van der Waals surface area contributed by atoms with E-state index < -0.39 is 23.8 Å². The maximum Gasteiger partial charge on any atom is 0.433 e. The number of pyridine rings is 1. The Morgan fingerprint density at radius 3 is 2.73 bits per heavy atom. The third kappa shape index (κ3) is 3.69. The molecule has 1 N–H and O–H groups in total. The molecule has 122 valence electrons. The zero-order valence-electron chi connectivity index (χ0n) is 12.4. The average molecular weight is 316 g/mol.